The van der Waals surface area contributed by atoms with Crippen molar-refractivity contribution in [1.82, 2.24) is 0 Å². The van der Waals surface area contributed by atoms with Crippen molar-refractivity contribution in [3.05, 3.63) is 46.4 Å². The molecule has 0 aromatic rings. The highest BCUT2D eigenvalue weighted by atomic mass is 35.5. The van der Waals surface area contributed by atoms with Crippen LogP contribution in [0.3, 0.4) is 0 Å². The fourth-order valence-corrected chi connectivity index (χ4v) is 0.252. The van der Waals surface area contributed by atoms with Crippen LogP contribution in [-0.4, -0.2) is 0 Å². The fourth-order valence-electron chi connectivity index (χ4n) is 0.0840. The maximum atomic E-state index is 5.19. The molecule has 68 valence electrons. The Morgan fingerprint density at radius 3 is 1.17 bits per heavy atom. The molecule has 0 aliphatic rings. The predicted molar refractivity (Wildman–Crippen MR) is 60.0 cm³/mol. The number of hydrogen-bond acceptors (Lipinski definition) is 0. The van der Waals surface area contributed by atoms with E-state index in [0.717, 1.165) is 0 Å². The molecule has 0 aliphatic carbocycles. The first kappa shape index (κ1) is 14.6. The van der Waals surface area contributed by atoms with Crippen LogP contribution in [0.4, 0.5) is 0 Å². The maximum Gasteiger partial charge on any atom is 0.0514 e. The molecular weight excluding hydrogens is 238 g/mol. The van der Waals surface area contributed by atoms with Gasteiger partial charge in [0.05, 0.1) is 10.1 Å². The summed E-state index contributed by atoms with van der Waals surface area (Å²) in [6.07, 6.45) is 3.27. The van der Waals surface area contributed by atoms with E-state index in [9.17, 15) is 0 Å². The molecule has 0 heterocycles. The van der Waals surface area contributed by atoms with Crippen molar-refractivity contribution in [3.8, 4) is 0 Å². The lowest BCUT2D eigenvalue weighted by Crippen LogP contribution is -1.57. The lowest BCUT2D eigenvalue weighted by atomic mass is 10.6. The van der Waals surface area contributed by atoms with Gasteiger partial charge in [-0.15, -0.1) is 0 Å². The number of allylic oxidation sites excluding steroid dienone is 4. The van der Waals surface area contributed by atoms with Crippen LogP contribution in [0.1, 0.15) is 0 Å². The molecular formula is C8H8Cl4. The zero-order valence-corrected chi connectivity index (χ0v) is 9.26. The summed E-state index contributed by atoms with van der Waals surface area (Å²) in [4.78, 5) is 0. The molecule has 0 aromatic carbocycles. The van der Waals surface area contributed by atoms with E-state index < -0.39 is 0 Å². The van der Waals surface area contributed by atoms with Crippen LogP contribution in [0.15, 0.2) is 46.4 Å². The molecule has 0 N–H and O–H groups in total. The Bertz CT molecular complexity index is 169. The molecule has 4 heteroatoms. The first-order valence-electron chi connectivity index (χ1n) is 2.77. The van der Waals surface area contributed by atoms with Gasteiger partial charge in [0, 0.05) is 11.1 Å². The third-order valence-electron chi connectivity index (χ3n) is 0.551. The average Bonchev–Trinajstić information content (AvgIpc) is 2.02. The molecule has 0 saturated carbocycles. The molecule has 0 nitrogen and oxygen atoms in total. The predicted octanol–water partition coefficient (Wildman–Crippen LogP) is 4.98. The zero-order valence-electron chi connectivity index (χ0n) is 6.24. The van der Waals surface area contributed by atoms with Gasteiger partial charge in [-0.05, 0) is 0 Å². The number of rotatable bonds is 2. The second-order valence-corrected chi connectivity index (χ2v) is 2.86. The Labute approximate surface area is 92.8 Å². The smallest absolute Gasteiger partial charge is 0.0514 e. The van der Waals surface area contributed by atoms with Crippen LogP contribution in [0, 0.1) is 0 Å². The van der Waals surface area contributed by atoms with Crippen molar-refractivity contribution in [1.29, 1.82) is 0 Å². The summed E-state index contributed by atoms with van der Waals surface area (Å²) < 4.78 is 0. The molecule has 0 rings (SSSR count). The molecule has 0 bridgehead atoms. The average molecular weight is 246 g/mol. The molecule has 0 aliphatic heterocycles. The summed E-state index contributed by atoms with van der Waals surface area (Å²) >= 11 is 20.6. The minimum absolute atomic E-state index is 0.302. The van der Waals surface area contributed by atoms with Gasteiger partial charge < -0.3 is 0 Å². The van der Waals surface area contributed by atoms with Gasteiger partial charge in [-0.25, -0.2) is 0 Å². The summed E-state index contributed by atoms with van der Waals surface area (Å²) in [6.45, 7) is 6.58. The van der Waals surface area contributed by atoms with Crippen LogP contribution in [0.25, 0.3) is 0 Å². The Hall–Kier alpha value is 0.120. The van der Waals surface area contributed by atoms with E-state index in [1.165, 1.54) is 11.1 Å². The van der Waals surface area contributed by atoms with E-state index in [4.69, 9.17) is 46.4 Å². The van der Waals surface area contributed by atoms with Gasteiger partial charge in [0.2, 0.25) is 0 Å². The van der Waals surface area contributed by atoms with Crippen molar-refractivity contribution in [2.24, 2.45) is 0 Å². The van der Waals surface area contributed by atoms with E-state index in [1.807, 2.05) is 0 Å². The highest BCUT2D eigenvalue weighted by Gasteiger charge is 1.84. The van der Waals surface area contributed by atoms with E-state index in [0.29, 0.717) is 10.1 Å². The molecule has 0 radical (unpaired) electrons. The lowest BCUT2D eigenvalue weighted by Gasteiger charge is -1.81. The van der Waals surface area contributed by atoms with Crippen molar-refractivity contribution >= 4 is 46.4 Å². The van der Waals surface area contributed by atoms with E-state index in [-0.39, 0.29) is 0 Å². The van der Waals surface area contributed by atoms with Crippen molar-refractivity contribution < 1.29 is 0 Å². The quantitative estimate of drug-likeness (QED) is 0.602. The third kappa shape index (κ3) is 16.6. The molecule has 0 spiro atoms. The Morgan fingerprint density at radius 1 is 0.833 bits per heavy atom. The summed E-state index contributed by atoms with van der Waals surface area (Å²) in [5, 5.41) is 0.605. The highest BCUT2D eigenvalue weighted by Crippen LogP contribution is 2.12. The maximum absolute atomic E-state index is 5.19. The minimum Gasteiger partial charge on any atom is -0.0930 e. The molecule has 0 fully saturated rings. The summed E-state index contributed by atoms with van der Waals surface area (Å²) in [7, 11) is 0. The Balaban J connectivity index is 0. The number of hydrogen-bond donors (Lipinski definition) is 0. The van der Waals surface area contributed by atoms with Gasteiger partial charge in [-0.2, -0.15) is 0 Å². The van der Waals surface area contributed by atoms with Gasteiger partial charge in [-0.3, -0.25) is 0 Å². The summed E-state index contributed by atoms with van der Waals surface area (Å²) in [6, 6.07) is 0. The Morgan fingerprint density at radius 2 is 1.08 bits per heavy atom. The largest absolute Gasteiger partial charge is 0.0930 e. The summed E-state index contributed by atoms with van der Waals surface area (Å²) in [5.74, 6) is 0. The van der Waals surface area contributed by atoms with E-state index >= 15 is 0 Å². The number of halogens is 4. The molecule has 0 saturated heterocycles. The standard InChI is InChI=1S/2C4H4Cl2/c1-3(5)4(2)6;5-3-1-2-4-6/h1-2H2;1-4H. The van der Waals surface area contributed by atoms with Crippen LogP contribution in [0.2, 0.25) is 0 Å². The van der Waals surface area contributed by atoms with Gasteiger partial charge in [0.1, 0.15) is 0 Å². The molecule has 0 aromatic heterocycles. The van der Waals surface area contributed by atoms with Crippen LogP contribution >= 0.6 is 46.4 Å². The second kappa shape index (κ2) is 11.1. The van der Waals surface area contributed by atoms with Crippen molar-refractivity contribution in [2.75, 3.05) is 0 Å². The van der Waals surface area contributed by atoms with E-state index in [2.05, 4.69) is 13.2 Å². The highest BCUT2D eigenvalue weighted by molar-refractivity contribution is 6.43. The normalized spacial score (nSPS) is 9.67. The second-order valence-electron chi connectivity index (χ2n) is 1.45. The van der Waals surface area contributed by atoms with Gasteiger partial charge in [-0.1, -0.05) is 71.7 Å². The van der Waals surface area contributed by atoms with Crippen LogP contribution in [0.5, 0.6) is 0 Å². The topological polar surface area (TPSA) is 0 Å². The molecule has 0 unspecified atom stereocenters. The monoisotopic (exact) mass is 244 g/mol. The first-order chi connectivity index (χ1) is 5.56. The van der Waals surface area contributed by atoms with Crippen molar-refractivity contribution in [2.45, 2.75) is 0 Å². The third-order valence-corrected chi connectivity index (χ3v) is 1.39. The fraction of sp³-hybridized carbons (Fsp3) is 0. The minimum atomic E-state index is 0.302. The van der Waals surface area contributed by atoms with Crippen molar-refractivity contribution in [3.63, 3.8) is 0 Å². The molecule has 0 atom stereocenters. The Kier molecular flexibility index (Phi) is 13.6. The van der Waals surface area contributed by atoms with E-state index in [1.54, 1.807) is 12.2 Å². The van der Waals surface area contributed by atoms with Gasteiger partial charge in [0.15, 0.2) is 0 Å². The van der Waals surface area contributed by atoms with Crippen LogP contribution < -0.4 is 0 Å². The SMILES string of the molecule is C=C(Cl)C(=C)Cl.ClC=CC=CCl. The van der Waals surface area contributed by atoms with Crippen LogP contribution in [-0.2, 0) is 0 Å². The zero-order chi connectivity index (χ0) is 9.98. The molecule has 0 amide bonds. The lowest BCUT2D eigenvalue weighted by molar-refractivity contribution is 1.94. The van der Waals surface area contributed by atoms with Gasteiger partial charge in [0.25, 0.3) is 0 Å². The first-order valence-corrected chi connectivity index (χ1v) is 4.40. The molecule has 12 heavy (non-hydrogen) atoms. The summed E-state index contributed by atoms with van der Waals surface area (Å²) in [5.41, 5.74) is 2.78. The van der Waals surface area contributed by atoms with Gasteiger partial charge >= 0.3 is 0 Å².